The third kappa shape index (κ3) is 3.90. The first-order valence-electron chi connectivity index (χ1n) is 8.16. The van der Waals surface area contributed by atoms with Crippen molar-refractivity contribution in [1.29, 1.82) is 0 Å². The molecule has 1 unspecified atom stereocenters. The number of nitrogens with zero attached hydrogens (tertiary/aromatic N) is 2. The maximum absolute atomic E-state index is 12.0. The lowest BCUT2D eigenvalue weighted by Gasteiger charge is -2.15. The first-order valence-corrected chi connectivity index (χ1v) is 8.16. The van der Waals surface area contributed by atoms with Gasteiger partial charge in [-0.25, -0.2) is 0 Å². The molecule has 1 aliphatic heterocycles. The summed E-state index contributed by atoms with van der Waals surface area (Å²) < 4.78 is 5.19. The third-order valence-electron chi connectivity index (χ3n) is 4.32. The van der Waals surface area contributed by atoms with Crippen LogP contribution in [-0.2, 0) is 15.0 Å². The van der Waals surface area contributed by atoms with Crippen LogP contribution in [0.15, 0.2) is 10.6 Å². The van der Waals surface area contributed by atoms with Gasteiger partial charge in [-0.1, -0.05) is 25.9 Å². The van der Waals surface area contributed by atoms with Crippen molar-refractivity contribution < 1.29 is 14.1 Å². The standard InChI is InChI=1S/C16H24N4O3/c1-16(2,3)12-8-13(19-23-12)18-15(22)14(21)17-10-6-7-20(9-10)11-4-5-11/h8,10-11H,4-7,9H2,1-3H3,(H,17,21)(H,18,19,22). The molecule has 1 aromatic heterocycles. The third-order valence-corrected chi connectivity index (χ3v) is 4.32. The molecule has 1 atom stereocenters. The van der Waals surface area contributed by atoms with Crippen molar-refractivity contribution in [3.05, 3.63) is 11.8 Å². The van der Waals surface area contributed by atoms with Gasteiger partial charge in [0.05, 0.1) is 0 Å². The van der Waals surface area contributed by atoms with E-state index in [0.29, 0.717) is 11.8 Å². The molecule has 2 aliphatic rings. The van der Waals surface area contributed by atoms with E-state index in [1.807, 2.05) is 20.8 Å². The number of hydrogen-bond donors (Lipinski definition) is 2. The Balaban J connectivity index is 1.49. The van der Waals surface area contributed by atoms with Gasteiger partial charge in [0.2, 0.25) is 0 Å². The van der Waals surface area contributed by atoms with Gasteiger partial charge in [-0.05, 0) is 19.3 Å². The molecular weight excluding hydrogens is 296 g/mol. The number of anilines is 1. The monoisotopic (exact) mass is 320 g/mol. The van der Waals surface area contributed by atoms with E-state index in [9.17, 15) is 9.59 Å². The number of likely N-dealkylation sites (tertiary alicyclic amines) is 1. The number of amides is 2. The fourth-order valence-corrected chi connectivity index (χ4v) is 2.79. The van der Waals surface area contributed by atoms with E-state index in [4.69, 9.17) is 4.52 Å². The van der Waals surface area contributed by atoms with Gasteiger partial charge >= 0.3 is 11.8 Å². The molecule has 0 aromatic carbocycles. The van der Waals surface area contributed by atoms with E-state index in [1.54, 1.807) is 6.07 Å². The van der Waals surface area contributed by atoms with Crippen LogP contribution in [-0.4, -0.2) is 47.0 Å². The van der Waals surface area contributed by atoms with Gasteiger partial charge < -0.3 is 9.84 Å². The second-order valence-electron chi connectivity index (χ2n) is 7.47. The largest absolute Gasteiger partial charge is 0.359 e. The first-order chi connectivity index (χ1) is 10.8. The highest BCUT2D eigenvalue weighted by molar-refractivity contribution is 6.39. The zero-order valence-electron chi connectivity index (χ0n) is 13.9. The number of aromatic nitrogens is 1. The molecule has 0 spiro atoms. The molecule has 1 aliphatic carbocycles. The predicted octanol–water partition coefficient (Wildman–Crippen LogP) is 1.26. The Morgan fingerprint density at radius 1 is 1.26 bits per heavy atom. The molecule has 7 nitrogen and oxygen atoms in total. The quantitative estimate of drug-likeness (QED) is 0.819. The van der Waals surface area contributed by atoms with Crippen LogP contribution in [0, 0.1) is 0 Å². The van der Waals surface area contributed by atoms with Crippen LogP contribution in [0.3, 0.4) is 0 Å². The Kier molecular flexibility index (Phi) is 4.14. The summed E-state index contributed by atoms with van der Waals surface area (Å²) in [6, 6.07) is 2.39. The van der Waals surface area contributed by atoms with Crippen LogP contribution >= 0.6 is 0 Å². The second-order valence-corrected chi connectivity index (χ2v) is 7.47. The van der Waals surface area contributed by atoms with E-state index < -0.39 is 11.8 Å². The van der Waals surface area contributed by atoms with Crippen molar-refractivity contribution in [1.82, 2.24) is 15.4 Å². The molecule has 126 valence electrons. The summed E-state index contributed by atoms with van der Waals surface area (Å²) in [7, 11) is 0. The van der Waals surface area contributed by atoms with Crippen molar-refractivity contribution in [3.8, 4) is 0 Å². The molecule has 2 amide bonds. The van der Waals surface area contributed by atoms with Gasteiger partial charge in [0.15, 0.2) is 5.82 Å². The van der Waals surface area contributed by atoms with Crippen LogP contribution in [0.5, 0.6) is 0 Å². The van der Waals surface area contributed by atoms with Gasteiger partial charge in [0.1, 0.15) is 5.76 Å². The topological polar surface area (TPSA) is 87.5 Å². The number of rotatable bonds is 3. The lowest BCUT2D eigenvalue weighted by molar-refractivity contribution is -0.136. The Morgan fingerprint density at radius 3 is 2.61 bits per heavy atom. The summed E-state index contributed by atoms with van der Waals surface area (Å²) in [5.74, 6) is -0.401. The molecule has 23 heavy (non-hydrogen) atoms. The van der Waals surface area contributed by atoms with E-state index in [-0.39, 0.29) is 17.3 Å². The van der Waals surface area contributed by atoms with Gasteiger partial charge in [0.25, 0.3) is 0 Å². The minimum Gasteiger partial charge on any atom is -0.359 e. The Hall–Kier alpha value is -1.89. The lowest BCUT2D eigenvalue weighted by atomic mass is 9.93. The highest BCUT2D eigenvalue weighted by Crippen LogP contribution is 2.29. The Bertz CT molecular complexity index is 601. The molecule has 1 saturated heterocycles. The highest BCUT2D eigenvalue weighted by Gasteiger charge is 2.35. The molecule has 1 aromatic rings. The molecule has 2 N–H and O–H groups in total. The molecule has 1 saturated carbocycles. The SMILES string of the molecule is CC(C)(C)c1cc(NC(=O)C(=O)NC2CCN(C3CC3)C2)no1. The number of carbonyl (C=O) groups excluding carboxylic acids is 2. The maximum atomic E-state index is 12.0. The number of nitrogens with one attached hydrogen (secondary N) is 2. The fraction of sp³-hybridized carbons (Fsp3) is 0.688. The predicted molar refractivity (Wildman–Crippen MR) is 85.0 cm³/mol. The second kappa shape index (κ2) is 5.96. The summed E-state index contributed by atoms with van der Waals surface area (Å²) in [5, 5.41) is 9.07. The molecular formula is C16H24N4O3. The average molecular weight is 320 g/mol. The van der Waals surface area contributed by atoms with Crippen LogP contribution in [0.25, 0.3) is 0 Å². The highest BCUT2D eigenvalue weighted by atomic mass is 16.5. The van der Waals surface area contributed by atoms with Crippen molar-refractivity contribution >= 4 is 17.6 Å². The van der Waals surface area contributed by atoms with Crippen LogP contribution in [0.1, 0.15) is 45.8 Å². The molecule has 0 bridgehead atoms. The normalized spacial score (nSPS) is 22.1. The molecule has 0 radical (unpaired) electrons. The smallest absolute Gasteiger partial charge is 0.314 e. The fourth-order valence-electron chi connectivity index (χ4n) is 2.79. The van der Waals surface area contributed by atoms with Crippen LogP contribution < -0.4 is 10.6 Å². The molecule has 2 fully saturated rings. The molecule has 2 heterocycles. The Morgan fingerprint density at radius 2 is 2.00 bits per heavy atom. The van der Waals surface area contributed by atoms with Gasteiger partial charge in [-0.2, -0.15) is 0 Å². The van der Waals surface area contributed by atoms with Crippen molar-refractivity contribution in [2.45, 2.75) is 57.5 Å². The number of carbonyl (C=O) groups is 2. The average Bonchev–Trinajstić information content (AvgIpc) is 3.02. The van der Waals surface area contributed by atoms with Crippen molar-refractivity contribution in [2.75, 3.05) is 18.4 Å². The first kappa shape index (κ1) is 16.0. The summed E-state index contributed by atoms with van der Waals surface area (Å²) in [5.41, 5.74) is -0.200. The van der Waals surface area contributed by atoms with E-state index in [1.165, 1.54) is 12.8 Å². The van der Waals surface area contributed by atoms with E-state index >= 15 is 0 Å². The summed E-state index contributed by atoms with van der Waals surface area (Å²) >= 11 is 0. The van der Waals surface area contributed by atoms with Gasteiger partial charge in [0, 0.05) is 36.7 Å². The van der Waals surface area contributed by atoms with Crippen molar-refractivity contribution in [2.24, 2.45) is 0 Å². The Labute approximate surface area is 135 Å². The lowest BCUT2D eigenvalue weighted by Crippen LogP contribution is -2.43. The minimum absolute atomic E-state index is 0.0521. The van der Waals surface area contributed by atoms with Crippen LogP contribution in [0.4, 0.5) is 5.82 Å². The van der Waals surface area contributed by atoms with Gasteiger partial charge in [-0.15, -0.1) is 0 Å². The zero-order chi connectivity index (χ0) is 16.6. The maximum Gasteiger partial charge on any atom is 0.314 e. The zero-order valence-corrected chi connectivity index (χ0v) is 13.9. The minimum atomic E-state index is -0.705. The van der Waals surface area contributed by atoms with E-state index in [2.05, 4.69) is 20.7 Å². The number of hydrogen-bond acceptors (Lipinski definition) is 5. The molecule has 3 rings (SSSR count). The van der Waals surface area contributed by atoms with Crippen molar-refractivity contribution in [3.63, 3.8) is 0 Å². The summed E-state index contributed by atoms with van der Waals surface area (Å²) in [6.45, 7) is 7.78. The van der Waals surface area contributed by atoms with E-state index in [0.717, 1.165) is 19.5 Å². The molecule has 7 heteroatoms. The summed E-state index contributed by atoms with van der Waals surface area (Å²) in [6.07, 6.45) is 3.40. The van der Waals surface area contributed by atoms with Gasteiger partial charge in [-0.3, -0.25) is 19.8 Å². The van der Waals surface area contributed by atoms with Crippen LogP contribution in [0.2, 0.25) is 0 Å². The summed E-state index contributed by atoms with van der Waals surface area (Å²) in [4.78, 5) is 26.4.